The molecule has 8 heavy (non-hydrogen) atoms. The third-order valence-electron chi connectivity index (χ3n) is 0.167. The molecule has 0 aliphatic carbocycles. The number of carbonyl (C=O) groups is 2. The van der Waals surface area contributed by atoms with E-state index in [1.807, 2.05) is 0 Å². The molecule has 0 heterocycles. The second-order valence-corrected chi connectivity index (χ2v) is 0.575. The molecule has 0 unspecified atom stereocenters. The molecular weight excluding hydrogens is 168 g/mol. The molecule has 0 spiro atoms. The third kappa shape index (κ3) is 11.1. The Bertz CT molecular complexity index is 78.0. The molecule has 34 valence electrons. The van der Waals surface area contributed by atoms with Crippen LogP contribution in [-0.4, -0.2) is 11.9 Å². The van der Waals surface area contributed by atoms with Crippen LogP contribution in [0.25, 0.3) is 0 Å². The van der Waals surface area contributed by atoms with Gasteiger partial charge in [-0.1, -0.05) is 0 Å². The van der Waals surface area contributed by atoms with E-state index in [0.29, 0.717) is 0 Å². The van der Waals surface area contributed by atoms with E-state index in [1.165, 1.54) is 0 Å². The number of aliphatic carboxylic acids is 2. The van der Waals surface area contributed by atoms with Crippen molar-refractivity contribution in [3.63, 3.8) is 0 Å². The van der Waals surface area contributed by atoms with Gasteiger partial charge in [0.2, 0.25) is 0 Å². The maximum atomic E-state index is 8.93. The van der Waals surface area contributed by atoms with E-state index in [-0.39, 0.29) is 103 Å². The van der Waals surface area contributed by atoms with Crippen molar-refractivity contribution in [3.05, 3.63) is 0 Å². The van der Waals surface area contributed by atoms with E-state index in [2.05, 4.69) is 0 Å². The number of carboxylic acid groups (broad SMARTS) is 2. The second-order valence-electron chi connectivity index (χ2n) is 0.575. The quantitative estimate of drug-likeness (QED) is 0.204. The largest absolute Gasteiger partial charge is 1.00 e. The molecule has 0 saturated heterocycles. The van der Waals surface area contributed by atoms with E-state index in [4.69, 9.17) is 19.8 Å². The maximum absolute atomic E-state index is 8.93. The van der Waals surface area contributed by atoms with E-state index < -0.39 is 11.9 Å². The number of hydrogen-bond acceptors (Lipinski definition) is 4. The van der Waals surface area contributed by atoms with Gasteiger partial charge >= 0.3 is 103 Å². The smallest absolute Gasteiger partial charge is 0.543 e. The molecule has 0 radical (unpaired) electrons. The molecule has 0 saturated carbocycles. The van der Waals surface area contributed by atoms with Crippen LogP contribution in [0.1, 0.15) is 0 Å². The molecule has 4 nitrogen and oxygen atoms in total. The van der Waals surface area contributed by atoms with Gasteiger partial charge in [-0.25, -0.2) is 0 Å². The van der Waals surface area contributed by atoms with Crippen LogP contribution in [0.5, 0.6) is 0 Å². The van der Waals surface area contributed by atoms with Gasteiger partial charge in [0.15, 0.2) is 0 Å². The number of hydrogen-bond donors (Lipinski definition) is 0. The Balaban J connectivity index is -0.000000125. The minimum absolute atomic E-state index is 0. The van der Waals surface area contributed by atoms with Crippen molar-refractivity contribution >= 4 is 11.9 Å². The fourth-order valence-corrected chi connectivity index (χ4v) is 0. The molecule has 0 aromatic heterocycles. The van der Waals surface area contributed by atoms with Gasteiger partial charge in [-0.2, -0.15) is 0 Å². The summed E-state index contributed by atoms with van der Waals surface area (Å²) in [6.45, 7) is 0. The van der Waals surface area contributed by atoms with E-state index in [9.17, 15) is 0 Å². The predicted molar refractivity (Wildman–Crippen MR) is 10.0 cm³/mol. The van der Waals surface area contributed by atoms with Gasteiger partial charge in [-0.05, 0) is 0 Å². The molecular formula is C2K2O4. The molecule has 0 amide bonds. The number of rotatable bonds is 0. The first kappa shape index (κ1) is 16.7. The van der Waals surface area contributed by atoms with Gasteiger partial charge in [0, 0.05) is 0 Å². The summed E-state index contributed by atoms with van der Waals surface area (Å²) in [5.41, 5.74) is 0. The van der Waals surface area contributed by atoms with Gasteiger partial charge in [0.05, 0.1) is 11.9 Å². The van der Waals surface area contributed by atoms with Crippen molar-refractivity contribution in [2.24, 2.45) is 0 Å². The Morgan fingerprint density at radius 1 is 0.875 bits per heavy atom. The zero-order valence-corrected chi connectivity index (χ0v) is 10.9. The van der Waals surface area contributed by atoms with E-state index in [0.717, 1.165) is 0 Å². The second kappa shape index (κ2) is 9.21. The van der Waals surface area contributed by atoms with Crippen LogP contribution < -0.4 is 113 Å². The molecule has 6 heteroatoms. The topological polar surface area (TPSA) is 80.3 Å². The maximum Gasteiger partial charge on any atom is 1.00 e. The molecule has 0 bridgehead atoms. The van der Waals surface area contributed by atoms with Crippen LogP contribution in [0.4, 0.5) is 0 Å². The third-order valence-corrected chi connectivity index (χ3v) is 0.167. The van der Waals surface area contributed by atoms with Gasteiger partial charge in [0.25, 0.3) is 0 Å². The first-order chi connectivity index (χ1) is 2.64. The fraction of sp³-hybridized carbons (Fsp3) is 0. The first-order valence-electron chi connectivity index (χ1n) is 1.07. The van der Waals surface area contributed by atoms with Gasteiger partial charge in [-0.15, -0.1) is 0 Å². The van der Waals surface area contributed by atoms with Crippen LogP contribution in [-0.2, 0) is 9.59 Å². The first-order valence-corrected chi connectivity index (χ1v) is 1.07. The SMILES string of the molecule is O=[13C]([O-])[13C](=O)[O-].[K+].[K+]. The van der Waals surface area contributed by atoms with Crippen LogP contribution in [0.3, 0.4) is 0 Å². The molecule has 0 fully saturated rings. The zero-order valence-electron chi connectivity index (χ0n) is 4.63. The summed E-state index contributed by atoms with van der Waals surface area (Å²) in [5, 5.41) is 17.9. The molecule has 0 aromatic rings. The van der Waals surface area contributed by atoms with Crippen molar-refractivity contribution in [2.45, 2.75) is 0 Å². The van der Waals surface area contributed by atoms with Crippen LogP contribution >= 0.6 is 0 Å². The standard InChI is InChI=1S/C2H2O4.2K/c3-1(4)2(5)6;;/h(H,3,4)(H,5,6);;/q;2*+1/p-2/i1+1,2+1;;. The van der Waals surface area contributed by atoms with Crippen LogP contribution in [0, 0.1) is 0 Å². The summed E-state index contributed by atoms with van der Waals surface area (Å²) < 4.78 is 0. The summed E-state index contributed by atoms with van der Waals surface area (Å²) in [5.74, 6) is -4.37. The fourth-order valence-electron chi connectivity index (χ4n) is 0. The Labute approximate surface area is 131 Å². The Morgan fingerprint density at radius 3 is 1.00 bits per heavy atom. The Morgan fingerprint density at radius 2 is 1.00 bits per heavy atom. The van der Waals surface area contributed by atoms with Gasteiger partial charge in [0.1, 0.15) is 0 Å². The van der Waals surface area contributed by atoms with Crippen molar-refractivity contribution in [1.29, 1.82) is 0 Å². The summed E-state index contributed by atoms with van der Waals surface area (Å²) in [6.07, 6.45) is 0. The van der Waals surface area contributed by atoms with Crippen molar-refractivity contribution in [1.82, 2.24) is 0 Å². The van der Waals surface area contributed by atoms with Crippen molar-refractivity contribution in [2.75, 3.05) is 0 Å². The molecule has 0 N–H and O–H groups in total. The average Bonchev–Trinajstić information content (AvgIpc) is 1.36. The number of carboxylic acids is 2. The summed E-state index contributed by atoms with van der Waals surface area (Å²) >= 11 is 0. The summed E-state index contributed by atoms with van der Waals surface area (Å²) in [4.78, 5) is 17.9. The van der Waals surface area contributed by atoms with Crippen LogP contribution in [0.15, 0.2) is 0 Å². The summed E-state index contributed by atoms with van der Waals surface area (Å²) in [6, 6.07) is 0. The minimum atomic E-state index is -2.19. The minimum Gasteiger partial charge on any atom is -0.543 e. The molecule has 0 aliphatic heterocycles. The van der Waals surface area contributed by atoms with Gasteiger partial charge < -0.3 is 19.8 Å². The molecule has 0 aromatic carbocycles. The van der Waals surface area contributed by atoms with Gasteiger partial charge in [-0.3, -0.25) is 0 Å². The van der Waals surface area contributed by atoms with E-state index >= 15 is 0 Å². The average molecular weight is 168 g/mol. The summed E-state index contributed by atoms with van der Waals surface area (Å²) in [7, 11) is 0. The normalized spacial score (nSPS) is 5.50. The zero-order chi connectivity index (χ0) is 5.15. The van der Waals surface area contributed by atoms with E-state index in [1.54, 1.807) is 0 Å². The predicted octanol–water partition coefficient (Wildman–Crippen LogP) is -9.51. The molecule has 0 atom stereocenters. The van der Waals surface area contributed by atoms with Crippen molar-refractivity contribution in [3.8, 4) is 0 Å². The Kier molecular flexibility index (Phi) is 19.2. The van der Waals surface area contributed by atoms with Crippen molar-refractivity contribution < 1.29 is 123 Å². The Hall–Kier alpha value is 2.21. The van der Waals surface area contributed by atoms with Crippen LogP contribution in [0.2, 0.25) is 0 Å². The molecule has 0 aliphatic rings. The number of carbonyl (C=O) groups excluding carboxylic acids is 2. The monoisotopic (exact) mass is 168 g/mol. The molecule has 0 rings (SSSR count).